The number of hydrogen-bond donors (Lipinski definition) is 0. The first kappa shape index (κ1) is 19.5. The summed E-state index contributed by atoms with van der Waals surface area (Å²) in [6.45, 7) is 12.2. The predicted molar refractivity (Wildman–Crippen MR) is 81.5 cm³/mol. The Labute approximate surface area is 128 Å². The molecule has 0 N–H and O–H groups in total. The van der Waals surface area contributed by atoms with Crippen molar-refractivity contribution in [2.75, 3.05) is 32.8 Å². The molecule has 0 bridgehead atoms. The lowest BCUT2D eigenvalue weighted by molar-refractivity contribution is -0.163. The van der Waals surface area contributed by atoms with Crippen molar-refractivity contribution in [3.63, 3.8) is 0 Å². The molecule has 0 spiro atoms. The molecule has 0 fully saturated rings. The van der Waals surface area contributed by atoms with Gasteiger partial charge in [0.2, 0.25) is 0 Å². The Kier molecular flexibility index (Phi) is 10.3. The van der Waals surface area contributed by atoms with E-state index in [1.54, 1.807) is 20.8 Å². The van der Waals surface area contributed by atoms with Crippen LogP contribution in [0.25, 0.3) is 0 Å². The average molecular weight is 297 g/mol. The van der Waals surface area contributed by atoms with Gasteiger partial charge in [-0.2, -0.15) is 0 Å². The van der Waals surface area contributed by atoms with Gasteiger partial charge >= 0.3 is 11.9 Å². The summed E-state index contributed by atoms with van der Waals surface area (Å²) in [6, 6.07) is 0. The van der Waals surface area contributed by atoms with Gasteiger partial charge in [-0.15, -0.1) is 0 Å². The summed E-state index contributed by atoms with van der Waals surface area (Å²) in [5.41, 5.74) is 0. The number of rotatable bonds is 8. The van der Waals surface area contributed by atoms with Gasteiger partial charge in [0.1, 0.15) is 0 Å². The molecule has 0 amide bonds. The van der Waals surface area contributed by atoms with Crippen LogP contribution < -0.4 is 0 Å². The Bertz CT molecular complexity index is 361. The van der Waals surface area contributed by atoms with E-state index in [4.69, 9.17) is 9.47 Å². The van der Waals surface area contributed by atoms with Crippen LogP contribution in [0.3, 0.4) is 0 Å². The van der Waals surface area contributed by atoms with Crippen LogP contribution in [0.4, 0.5) is 0 Å². The van der Waals surface area contributed by atoms with E-state index in [0.29, 0.717) is 6.54 Å². The number of carbonyl (C=O) groups excluding carboxylic acids is 2. The van der Waals surface area contributed by atoms with E-state index in [1.807, 2.05) is 0 Å². The summed E-state index contributed by atoms with van der Waals surface area (Å²) in [6.07, 6.45) is 0. The van der Waals surface area contributed by atoms with E-state index in [2.05, 4.69) is 30.6 Å². The first-order valence-corrected chi connectivity index (χ1v) is 7.55. The van der Waals surface area contributed by atoms with Crippen molar-refractivity contribution in [1.82, 2.24) is 4.90 Å². The topological polar surface area (TPSA) is 55.8 Å². The summed E-state index contributed by atoms with van der Waals surface area (Å²) >= 11 is 0. The highest BCUT2D eigenvalue weighted by Crippen LogP contribution is 2.15. The van der Waals surface area contributed by atoms with E-state index in [-0.39, 0.29) is 13.2 Å². The fraction of sp³-hybridized carbons (Fsp3) is 0.750. The van der Waals surface area contributed by atoms with Crippen molar-refractivity contribution in [3.8, 4) is 11.8 Å². The molecule has 0 unspecified atom stereocenters. The maximum Gasteiger partial charge on any atom is 0.321 e. The zero-order chi connectivity index (χ0) is 16.3. The van der Waals surface area contributed by atoms with E-state index in [0.717, 1.165) is 13.1 Å². The normalized spacial score (nSPS) is 11.8. The molecule has 0 saturated carbocycles. The Morgan fingerprint density at radius 3 is 1.86 bits per heavy atom. The van der Waals surface area contributed by atoms with Crippen LogP contribution in [0, 0.1) is 23.7 Å². The molecule has 0 aliphatic carbocycles. The monoisotopic (exact) mass is 297 g/mol. The van der Waals surface area contributed by atoms with Gasteiger partial charge in [-0.3, -0.25) is 14.5 Å². The zero-order valence-electron chi connectivity index (χ0n) is 13.8. The first-order valence-electron chi connectivity index (χ1n) is 7.55. The zero-order valence-corrected chi connectivity index (χ0v) is 13.8. The molecule has 0 heterocycles. The van der Waals surface area contributed by atoms with E-state index in [1.165, 1.54) is 0 Å². The molecule has 0 rings (SSSR count). The van der Waals surface area contributed by atoms with Gasteiger partial charge in [0.05, 0.1) is 19.8 Å². The maximum absolute atomic E-state index is 11.9. The molecule has 5 nitrogen and oxygen atoms in total. The van der Waals surface area contributed by atoms with Crippen LogP contribution in [0.5, 0.6) is 0 Å². The van der Waals surface area contributed by atoms with Crippen LogP contribution in [0.2, 0.25) is 0 Å². The minimum atomic E-state index is -0.978. The molecule has 0 aliphatic rings. The Morgan fingerprint density at radius 2 is 1.48 bits per heavy atom. The van der Waals surface area contributed by atoms with Gasteiger partial charge in [-0.05, 0) is 33.9 Å². The van der Waals surface area contributed by atoms with Crippen LogP contribution in [0.1, 0.15) is 34.6 Å². The minimum Gasteiger partial charge on any atom is -0.465 e. The largest absolute Gasteiger partial charge is 0.465 e. The molecule has 0 radical (unpaired) electrons. The molecule has 21 heavy (non-hydrogen) atoms. The van der Waals surface area contributed by atoms with E-state index in [9.17, 15) is 9.59 Å². The second-order valence-electron chi connectivity index (χ2n) is 4.55. The van der Waals surface area contributed by atoms with Crippen molar-refractivity contribution in [3.05, 3.63) is 0 Å². The second kappa shape index (κ2) is 11.2. The lowest BCUT2D eigenvalue weighted by Crippen LogP contribution is -2.33. The van der Waals surface area contributed by atoms with Crippen molar-refractivity contribution in [2.45, 2.75) is 34.6 Å². The molecule has 0 aromatic carbocycles. The quantitative estimate of drug-likeness (QED) is 0.388. The third-order valence-corrected chi connectivity index (χ3v) is 3.11. The molecule has 5 heteroatoms. The number of esters is 2. The van der Waals surface area contributed by atoms with Crippen LogP contribution in [-0.2, 0) is 19.1 Å². The Morgan fingerprint density at radius 1 is 1.00 bits per heavy atom. The summed E-state index contributed by atoms with van der Waals surface area (Å²) in [4.78, 5) is 26.0. The van der Waals surface area contributed by atoms with Gasteiger partial charge in [0, 0.05) is 5.92 Å². The Hall–Kier alpha value is -1.54. The van der Waals surface area contributed by atoms with E-state index >= 15 is 0 Å². The summed E-state index contributed by atoms with van der Waals surface area (Å²) in [7, 11) is 0. The lowest BCUT2D eigenvalue weighted by atomic mass is 9.94. The Balaban J connectivity index is 4.86. The molecule has 120 valence electrons. The van der Waals surface area contributed by atoms with Gasteiger partial charge in [-0.25, -0.2) is 0 Å². The fourth-order valence-electron chi connectivity index (χ4n) is 1.82. The highest BCUT2D eigenvalue weighted by atomic mass is 16.6. The van der Waals surface area contributed by atoms with Crippen molar-refractivity contribution in [1.29, 1.82) is 0 Å². The van der Waals surface area contributed by atoms with Crippen LogP contribution in [-0.4, -0.2) is 49.7 Å². The standard InChI is InChI=1S/C16H27NO4/c1-6-17(7-2)12-10-11-13(5)14(15(18)20-8-3)16(19)21-9-4/h13-14H,6-9,12H2,1-5H3/t13-/m0/s1. The molecule has 0 aliphatic heterocycles. The van der Waals surface area contributed by atoms with Crippen molar-refractivity contribution < 1.29 is 19.1 Å². The molecular formula is C16H27NO4. The number of nitrogens with zero attached hydrogens (tertiary/aromatic N) is 1. The maximum atomic E-state index is 11.9. The third-order valence-electron chi connectivity index (χ3n) is 3.11. The van der Waals surface area contributed by atoms with Gasteiger partial charge in [0.25, 0.3) is 0 Å². The molecule has 0 saturated heterocycles. The van der Waals surface area contributed by atoms with Gasteiger partial charge in [-0.1, -0.05) is 25.7 Å². The summed E-state index contributed by atoms with van der Waals surface area (Å²) < 4.78 is 9.89. The van der Waals surface area contributed by atoms with Crippen molar-refractivity contribution >= 4 is 11.9 Å². The minimum absolute atomic E-state index is 0.230. The summed E-state index contributed by atoms with van der Waals surface area (Å²) in [5.74, 6) is 3.44. The highest BCUT2D eigenvalue weighted by Gasteiger charge is 2.34. The highest BCUT2D eigenvalue weighted by molar-refractivity contribution is 5.95. The lowest BCUT2D eigenvalue weighted by Gasteiger charge is -2.17. The number of ether oxygens (including phenoxy) is 2. The SMILES string of the molecule is CCOC(=O)C(C(=O)OCC)[C@@H](C)C#CCN(CC)CC. The molecule has 0 aromatic rings. The first-order chi connectivity index (χ1) is 10.0. The van der Waals surface area contributed by atoms with E-state index < -0.39 is 23.8 Å². The smallest absolute Gasteiger partial charge is 0.321 e. The predicted octanol–water partition coefficient (Wildman–Crippen LogP) is 1.71. The number of hydrogen-bond acceptors (Lipinski definition) is 5. The van der Waals surface area contributed by atoms with Crippen molar-refractivity contribution in [2.24, 2.45) is 11.8 Å². The van der Waals surface area contributed by atoms with Gasteiger partial charge < -0.3 is 9.47 Å². The fourth-order valence-corrected chi connectivity index (χ4v) is 1.82. The molecular weight excluding hydrogens is 270 g/mol. The third kappa shape index (κ3) is 7.14. The molecule has 0 aromatic heterocycles. The van der Waals surface area contributed by atoms with Crippen LogP contribution >= 0.6 is 0 Å². The molecule has 1 atom stereocenters. The summed E-state index contributed by atoms with van der Waals surface area (Å²) in [5, 5.41) is 0. The number of carbonyl (C=O) groups is 2. The van der Waals surface area contributed by atoms with Crippen LogP contribution in [0.15, 0.2) is 0 Å². The van der Waals surface area contributed by atoms with Gasteiger partial charge in [0.15, 0.2) is 5.92 Å². The second-order valence-corrected chi connectivity index (χ2v) is 4.55. The average Bonchev–Trinajstić information content (AvgIpc) is 2.44.